The van der Waals surface area contributed by atoms with Crippen molar-refractivity contribution >= 4 is 32.6 Å². The molecule has 4 heterocycles. The van der Waals surface area contributed by atoms with Crippen molar-refractivity contribution in [3.63, 3.8) is 0 Å². The highest BCUT2D eigenvalue weighted by molar-refractivity contribution is 7.91. The summed E-state index contributed by atoms with van der Waals surface area (Å²) in [5, 5.41) is 4.73. The Hall–Kier alpha value is -3.59. The Morgan fingerprint density at radius 3 is 2.46 bits per heavy atom. The van der Waals surface area contributed by atoms with E-state index in [1.807, 2.05) is 0 Å². The number of alkyl halides is 3. The standard InChI is InChI=1S/C20H20F3N7O4S/c1-6-35(32,33)18-13(16-24-8-10(2)14(30(16)27-18)19(31)29(4)34-5)17-26-12-7-11(20(21,22)23)9-25-15(12)28(17)3/h7-9H,6H2,1-5H3. The molecule has 0 saturated heterocycles. The van der Waals surface area contributed by atoms with Crippen molar-refractivity contribution in [2.45, 2.75) is 25.0 Å². The van der Waals surface area contributed by atoms with E-state index in [9.17, 15) is 26.4 Å². The minimum absolute atomic E-state index is 0.00519. The van der Waals surface area contributed by atoms with E-state index in [1.165, 1.54) is 38.9 Å². The molecule has 1 amide bonds. The Balaban J connectivity index is 2.11. The minimum Gasteiger partial charge on any atom is -0.312 e. The summed E-state index contributed by atoms with van der Waals surface area (Å²) in [5.74, 6) is -0.970. The SMILES string of the molecule is CCS(=O)(=O)c1nn2c(C(=O)N(C)OC)c(C)cnc2c1-c1nc2cc(C(F)(F)F)cnc2n1C. The number of aryl methyl sites for hydroxylation is 2. The number of carbonyl (C=O) groups excluding carboxylic acids is 1. The molecule has 15 heteroatoms. The van der Waals surface area contributed by atoms with E-state index in [1.54, 1.807) is 6.92 Å². The molecule has 35 heavy (non-hydrogen) atoms. The molecule has 0 atom stereocenters. The number of rotatable bonds is 5. The molecule has 11 nitrogen and oxygen atoms in total. The molecular formula is C20H20F3N7O4S. The average molecular weight is 511 g/mol. The van der Waals surface area contributed by atoms with Crippen LogP contribution in [0.1, 0.15) is 28.5 Å². The summed E-state index contributed by atoms with van der Waals surface area (Å²) in [7, 11) is 0.153. The Morgan fingerprint density at radius 2 is 1.86 bits per heavy atom. The third kappa shape index (κ3) is 3.89. The van der Waals surface area contributed by atoms with Gasteiger partial charge in [0, 0.05) is 26.5 Å². The number of aromatic nitrogens is 6. The van der Waals surface area contributed by atoms with Gasteiger partial charge in [-0.05, 0) is 18.6 Å². The smallest absolute Gasteiger partial charge is 0.312 e. The molecule has 0 aliphatic rings. The summed E-state index contributed by atoms with van der Waals surface area (Å²) in [6.07, 6.45) is -2.60. The van der Waals surface area contributed by atoms with Crippen LogP contribution in [0.3, 0.4) is 0 Å². The van der Waals surface area contributed by atoms with E-state index in [2.05, 4.69) is 20.1 Å². The lowest BCUT2D eigenvalue weighted by molar-refractivity contribution is -0.137. The maximum Gasteiger partial charge on any atom is 0.417 e. The van der Waals surface area contributed by atoms with Gasteiger partial charge >= 0.3 is 6.18 Å². The first-order chi connectivity index (χ1) is 16.3. The number of imidazole rings is 1. The predicted octanol–water partition coefficient (Wildman–Crippen LogP) is 2.43. The monoisotopic (exact) mass is 511 g/mol. The fraction of sp³-hybridized carbons (Fsp3) is 0.350. The molecule has 4 aromatic rings. The van der Waals surface area contributed by atoms with Crippen molar-refractivity contribution in [1.29, 1.82) is 0 Å². The normalized spacial score (nSPS) is 12.6. The molecule has 186 valence electrons. The van der Waals surface area contributed by atoms with Crippen molar-refractivity contribution in [2.75, 3.05) is 19.9 Å². The number of hydrogen-bond donors (Lipinski definition) is 0. The van der Waals surface area contributed by atoms with Crippen molar-refractivity contribution in [3.05, 3.63) is 35.3 Å². The highest BCUT2D eigenvalue weighted by Crippen LogP contribution is 2.35. The van der Waals surface area contributed by atoms with Gasteiger partial charge < -0.3 is 4.57 Å². The molecule has 4 aromatic heterocycles. The Labute approximate surface area is 197 Å². The van der Waals surface area contributed by atoms with Gasteiger partial charge in [0.25, 0.3) is 5.91 Å². The van der Waals surface area contributed by atoms with Crippen molar-refractivity contribution in [3.8, 4) is 11.4 Å². The number of pyridine rings is 1. The first-order valence-corrected chi connectivity index (χ1v) is 11.8. The summed E-state index contributed by atoms with van der Waals surface area (Å²) >= 11 is 0. The van der Waals surface area contributed by atoms with Gasteiger partial charge in [0.15, 0.2) is 26.2 Å². The molecule has 0 saturated carbocycles. The van der Waals surface area contributed by atoms with Crippen LogP contribution in [0.4, 0.5) is 13.2 Å². The molecule has 0 unspecified atom stereocenters. The number of amides is 1. The highest BCUT2D eigenvalue weighted by Gasteiger charge is 2.34. The minimum atomic E-state index is -4.64. The number of fused-ring (bicyclic) bond motifs is 2. The van der Waals surface area contributed by atoms with Crippen LogP contribution in [-0.4, -0.2) is 68.4 Å². The van der Waals surface area contributed by atoms with Gasteiger partial charge in [-0.25, -0.2) is 32.9 Å². The van der Waals surface area contributed by atoms with E-state index >= 15 is 0 Å². The van der Waals surface area contributed by atoms with Crippen LogP contribution in [0.5, 0.6) is 0 Å². The van der Waals surface area contributed by atoms with Crippen molar-refractivity contribution in [2.24, 2.45) is 7.05 Å². The van der Waals surface area contributed by atoms with Crippen molar-refractivity contribution in [1.82, 2.24) is 34.2 Å². The van der Waals surface area contributed by atoms with Crippen LogP contribution >= 0.6 is 0 Å². The van der Waals surface area contributed by atoms with Gasteiger partial charge in [-0.15, -0.1) is 0 Å². The van der Waals surface area contributed by atoms with Gasteiger partial charge in [-0.2, -0.15) is 18.3 Å². The lowest BCUT2D eigenvalue weighted by atomic mass is 10.2. The van der Waals surface area contributed by atoms with E-state index in [0.29, 0.717) is 11.8 Å². The Kier molecular flexibility index (Phi) is 5.79. The summed E-state index contributed by atoms with van der Waals surface area (Å²) < 4.78 is 68.1. The van der Waals surface area contributed by atoms with Crippen LogP contribution in [0.25, 0.3) is 28.2 Å². The molecule has 0 radical (unpaired) electrons. The lowest BCUT2D eigenvalue weighted by Gasteiger charge is -2.15. The van der Waals surface area contributed by atoms with Crippen LogP contribution in [0.2, 0.25) is 0 Å². The molecule has 0 spiro atoms. The number of sulfone groups is 1. The van der Waals surface area contributed by atoms with Gasteiger partial charge in [-0.1, -0.05) is 6.92 Å². The third-order valence-electron chi connectivity index (χ3n) is 5.49. The van der Waals surface area contributed by atoms with Gasteiger partial charge in [0.05, 0.1) is 18.4 Å². The maximum absolute atomic E-state index is 13.2. The zero-order chi connectivity index (χ0) is 25.9. The zero-order valence-electron chi connectivity index (χ0n) is 19.2. The largest absolute Gasteiger partial charge is 0.417 e. The quantitative estimate of drug-likeness (QED) is 0.374. The Morgan fingerprint density at radius 1 is 1.20 bits per heavy atom. The van der Waals surface area contributed by atoms with Crippen LogP contribution in [-0.2, 0) is 27.9 Å². The number of halogens is 3. The number of nitrogens with zero attached hydrogens (tertiary/aromatic N) is 7. The number of hydrogen-bond acceptors (Lipinski definition) is 8. The first kappa shape index (κ1) is 24.5. The fourth-order valence-electron chi connectivity index (χ4n) is 3.55. The first-order valence-electron chi connectivity index (χ1n) is 10.1. The topological polar surface area (TPSA) is 125 Å². The third-order valence-corrected chi connectivity index (χ3v) is 7.13. The molecule has 0 aromatic carbocycles. The number of carbonyl (C=O) groups is 1. The molecule has 0 aliphatic carbocycles. The zero-order valence-corrected chi connectivity index (χ0v) is 20.1. The molecule has 0 fully saturated rings. The van der Waals surface area contributed by atoms with E-state index in [0.717, 1.165) is 15.6 Å². The Bertz CT molecular complexity index is 1590. The summed E-state index contributed by atoms with van der Waals surface area (Å²) in [6, 6.07) is 0.825. The molecule has 0 N–H and O–H groups in total. The van der Waals surface area contributed by atoms with Gasteiger partial charge in [-0.3, -0.25) is 9.63 Å². The second kappa shape index (κ2) is 8.27. The molecule has 0 aliphatic heterocycles. The summed E-state index contributed by atoms with van der Waals surface area (Å²) in [5.41, 5.74) is -0.703. The van der Waals surface area contributed by atoms with Crippen LogP contribution in [0, 0.1) is 6.92 Å². The predicted molar refractivity (Wildman–Crippen MR) is 117 cm³/mol. The second-order valence-electron chi connectivity index (χ2n) is 7.65. The second-order valence-corrected chi connectivity index (χ2v) is 9.85. The van der Waals surface area contributed by atoms with Gasteiger partial charge in [0.2, 0.25) is 0 Å². The summed E-state index contributed by atoms with van der Waals surface area (Å²) in [4.78, 5) is 30.3. The van der Waals surface area contributed by atoms with Crippen LogP contribution < -0.4 is 0 Å². The number of hydroxylamine groups is 2. The summed E-state index contributed by atoms with van der Waals surface area (Å²) in [6.45, 7) is 3.01. The van der Waals surface area contributed by atoms with Crippen LogP contribution in [0.15, 0.2) is 23.5 Å². The molecule has 4 rings (SSSR count). The highest BCUT2D eigenvalue weighted by atomic mass is 32.2. The molecular weight excluding hydrogens is 491 g/mol. The van der Waals surface area contributed by atoms with E-state index < -0.39 is 32.5 Å². The van der Waals surface area contributed by atoms with Gasteiger partial charge in [0.1, 0.15) is 22.6 Å². The average Bonchev–Trinajstić information content (AvgIpc) is 3.35. The fourth-order valence-corrected chi connectivity index (χ4v) is 4.52. The maximum atomic E-state index is 13.2. The molecule has 0 bridgehead atoms. The van der Waals surface area contributed by atoms with E-state index in [4.69, 9.17) is 4.84 Å². The van der Waals surface area contributed by atoms with Crippen molar-refractivity contribution < 1.29 is 31.2 Å². The lowest BCUT2D eigenvalue weighted by Crippen LogP contribution is -2.28. The van der Waals surface area contributed by atoms with E-state index in [-0.39, 0.29) is 39.6 Å².